The summed E-state index contributed by atoms with van der Waals surface area (Å²) in [7, 11) is -1.68. The molecule has 0 bridgehead atoms. The molecule has 33 heavy (non-hydrogen) atoms. The van der Waals surface area contributed by atoms with Crippen molar-refractivity contribution in [2.24, 2.45) is 12.0 Å². The van der Waals surface area contributed by atoms with Crippen molar-refractivity contribution in [3.05, 3.63) is 57.9 Å². The minimum atomic E-state index is -3.60. The molecule has 1 aliphatic carbocycles. The average molecular weight is 486 g/mol. The molecule has 0 N–H and O–H groups in total. The average Bonchev–Trinajstić information content (AvgIpc) is 3.13. The van der Waals surface area contributed by atoms with Crippen molar-refractivity contribution in [1.82, 2.24) is 8.87 Å². The Morgan fingerprint density at radius 3 is 2.39 bits per heavy atom. The summed E-state index contributed by atoms with van der Waals surface area (Å²) < 4.78 is 31.2. The van der Waals surface area contributed by atoms with Crippen LogP contribution in [-0.2, 0) is 17.1 Å². The molecule has 1 fully saturated rings. The standard InChI is InChI=1S/C25H31N3O3S2/c1-5-28(20-9-7-6-8-10-20)33(30,31)21-14-12-19(13-15-21)24(29)26-25-27(4)23-18(3)17(2)11-16-22(23)32-25/h11-16,20H,5-10H2,1-4H3. The summed E-state index contributed by atoms with van der Waals surface area (Å²) >= 11 is 1.47. The number of fused-ring (bicyclic) bond motifs is 1. The fourth-order valence-corrected chi connectivity index (χ4v) is 7.46. The number of thiazole rings is 1. The van der Waals surface area contributed by atoms with Crippen LogP contribution in [0.5, 0.6) is 0 Å². The highest BCUT2D eigenvalue weighted by atomic mass is 32.2. The van der Waals surface area contributed by atoms with Gasteiger partial charge in [0.1, 0.15) is 0 Å². The van der Waals surface area contributed by atoms with Gasteiger partial charge in [-0.05, 0) is 68.1 Å². The van der Waals surface area contributed by atoms with Gasteiger partial charge in [0.15, 0.2) is 4.80 Å². The van der Waals surface area contributed by atoms with Crippen LogP contribution in [0.1, 0.15) is 60.5 Å². The van der Waals surface area contributed by atoms with Gasteiger partial charge >= 0.3 is 0 Å². The molecule has 0 unspecified atom stereocenters. The van der Waals surface area contributed by atoms with Gasteiger partial charge in [-0.3, -0.25) is 4.79 Å². The van der Waals surface area contributed by atoms with Crippen molar-refractivity contribution < 1.29 is 13.2 Å². The first-order valence-electron chi connectivity index (χ1n) is 11.5. The number of carbonyl (C=O) groups is 1. The maximum Gasteiger partial charge on any atom is 0.279 e. The van der Waals surface area contributed by atoms with E-state index in [-0.39, 0.29) is 16.8 Å². The molecule has 1 heterocycles. The van der Waals surface area contributed by atoms with Crippen LogP contribution in [0.15, 0.2) is 46.3 Å². The third-order valence-electron chi connectivity index (χ3n) is 6.69. The Hall–Kier alpha value is -2.29. The summed E-state index contributed by atoms with van der Waals surface area (Å²) in [6.07, 6.45) is 5.13. The molecule has 0 aliphatic heterocycles. The van der Waals surface area contributed by atoms with Gasteiger partial charge in [-0.15, -0.1) is 0 Å². The molecule has 1 saturated carbocycles. The van der Waals surface area contributed by atoms with E-state index in [1.54, 1.807) is 16.4 Å². The maximum absolute atomic E-state index is 13.3. The summed E-state index contributed by atoms with van der Waals surface area (Å²) in [4.78, 5) is 18.0. The van der Waals surface area contributed by atoms with E-state index < -0.39 is 10.0 Å². The number of carbonyl (C=O) groups excluding carboxylic acids is 1. The van der Waals surface area contributed by atoms with E-state index in [0.29, 0.717) is 16.9 Å². The molecule has 6 nitrogen and oxygen atoms in total. The minimum absolute atomic E-state index is 0.0603. The first-order valence-corrected chi connectivity index (χ1v) is 13.8. The van der Waals surface area contributed by atoms with E-state index in [4.69, 9.17) is 0 Å². The first-order chi connectivity index (χ1) is 15.7. The molecule has 0 saturated heterocycles. The monoisotopic (exact) mass is 485 g/mol. The topological polar surface area (TPSA) is 71.7 Å². The Bertz CT molecular complexity index is 1350. The Labute approximate surface area is 199 Å². The van der Waals surface area contributed by atoms with E-state index >= 15 is 0 Å². The minimum Gasteiger partial charge on any atom is -0.319 e. The first kappa shape index (κ1) is 23.9. The van der Waals surface area contributed by atoms with Gasteiger partial charge in [0.2, 0.25) is 10.0 Å². The van der Waals surface area contributed by atoms with Crippen LogP contribution in [-0.4, -0.2) is 35.8 Å². The number of hydrogen-bond acceptors (Lipinski definition) is 4. The number of aryl methyl sites for hydroxylation is 3. The molecule has 0 spiro atoms. The second kappa shape index (κ2) is 9.52. The number of aromatic nitrogens is 1. The van der Waals surface area contributed by atoms with Crippen molar-refractivity contribution in [2.45, 2.75) is 63.8 Å². The zero-order valence-corrected chi connectivity index (χ0v) is 21.3. The summed E-state index contributed by atoms with van der Waals surface area (Å²) in [6, 6.07) is 10.4. The fourth-order valence-electron chi connectivity index (χ4n) is 4.69. The lowest BCUT2D eigenvalue weighted by molar-refractivity contribution is 0.0998. The van der Waals surface area contributed by atoms with Gasteiger partial charge in [0.25, 0.3) is 5.91 Å². The molecular weight excluding hydrogens is 454 g/mol. The highest BCUT2D eigenvalue weighted by Crippen LogP contribution is 2.28. The van der Waals surface area contributed by atoms with E-state index in [1.807, 2.05) is 18.5 Å². The number of nitrogens with zero attached hydrogens (tertiary/aromatic N) is 3. The molecule has 176 valence electrons. The molecule has 8 heteroatoms. The number of hydrogen-bond donors (Lipinski definition) is 0. The van der Waals surface area contributed by atoms with Crippen LogP contribution in [0.25, 0.3) is 10.2 Å². The van der Waals surface area contributed by atoms with Gasteiger partial charge in [0.05, 0.1) is 15.1 Å². The van der Waals surface area contributed by atoms with Gasteiger partial charge in [-0.25, -0.2) is 8.42 Å². The Balaban J connectivity index is 1.62. The highest BCUT2D eigenvalue weighted by molar-refractivity contribution is 7.89. The van der Waals surface area contributed by atoms with Gasteiger partial charge in [0, 0.05) is 25.2 Å². The summed E-state index contributed by atoms with van der Waals surface area (Å²) in [5.74, 6) is -0.380. The lowest BCUT2D eigenvalue weighted by Crippen LogP contribution is -2.41. The van der Waals surface area contributed by atoms with Crippen LogP contribution >= 0.6 is 11.3 Å². The molecule has 1 aromatic heterocycles. The van der Waals surface area contributed by atoms with Crippen molar-refractivity contribution in [3.8, 4) is 0 Å². The summed E-state index contributed by atoms with van der Waals surface area (Å²) in [6.45, 7) is 6.47. The third-order valence-corrected chi connectivity index (χ3v) is 9.83. The van der Waals surface area contributed by atoms with Crippen LogP contribution in [0.4, 0.5) is 0 Å². The number of rotatable bonds is 5. The van der Waals surface area contributed by atoms with Crippen molar-refractivity contribution in [2.75, 3.05) is 6.54 Å². The van der Waals surface area contributed by atoms with Crippen LogP contribution in [0.3, 0.4) is 0 Å². The molecule has 2 aromatic carbocycles. The van der Waals surface area contributed by atoms with Crippen molar-refractivity contribution >= 4 is 37.5 Å². The predicted octanol–water partition coefficient (Wildman–Crippen LogP) is 4.94. The summed E-state index contributed by atoms with van der Waals surface area (Å²) in [5.41, 5.74) is 3.82. The van der Waals surface area contributed by atoms with Crippen LogP contribution < -0.4 is 4.80 Å². The second-order valence-corrected chi connectivity index (χ2v) is 11.6. The molecule has 1 amide bonds. The van der Waals surface area contributed by atoms with Gasteiger partial charge in [-0.1, -0.05) is 43.6 Å². The molecule has 0 radical (unpaired) electrons. The zero-order valence-electron chi connectivity index (χ0n) is 19.7. The van der Waals surface area contributed by atoms with Gasteiger partial charge in [-0.2, -0.15) is 9.30 Å². The largest absolute Gasteiger partial charge is 0.319 e. The normalized spacial score (nSPS) is 16.1. The van der Waals surface area contributed by atoms with E-state index in [9.17, 15) is 13.2 Å². The smallest absolute Gasteiger partial charge is 0.279 e. The number of amides is 1. The quantitative estimate of drug-likeness (QED) is 0.514. The lowest BCUT2D eigenvalue weighted by atomic mass is 9.95. The van der Waals surface area contributed by atoms with Crippen LogP contribution in [0, 0.1) is 13.8 Å². The van der Waals surface area contributed by atoms with E-state index in [0.717, 1.165) is 35.9 Å². The Morgan fingerprint density at radius 2 is 1.76 bits per heavy atom. The molecule has 4 rings (SSSR count). The number of benzene rings is 2. The van der Waals surface area contributed by atoms with E-state index in [1.165, 1.54) is 41.0 Å². The predicted molar refractivity (Wildman–Crippen MR) is 133 cm³/mol. The SMILES string of the molecule is CCN(C1CCCCC1)S(=O)(=O)c1ccc(C(=O)N=c2sc3ccc(C)c(C)c3n2C)cc1. The zero-order chi connectivity index (χ0) is 23.8. The molecular formula is C25H31N3O3S2. The molecule has 0 atom stereocenters. The Morgan fingerprint density at radius 1 is 1.09 bits per heavy atom. The number of sulfonamides is 1. The molecule has 1 aliphatic rings. The fraction of sp³-hybridized carbons (Fsp3) is 0.440. The second-order valence-electron chi connectivity index (χ2n) is 8.74. The summed E-state index contributed by atoms with van der Waals surface area (Å²) in [5, 5.41) is 0. The maximum atomic E-state index is 13.3. The molecule has 3 aromatic rings. The highest BCUT2D eigenvalue weighted by Gasteiger charge is 2.31. The lowest BCUT2D eigenvalue weighted by Gasteiger charge is -2.32. The van der Waals surface area contributed by atoms with Crippen molar-refractivity contribution in [1.29, 1.82) is 0 Å². The van der Waals surface area contributed by atoms with Crippen LogP contribution in [0.2, 0.25) is 0 Å². The van der Waals surface area contributed by atoms with Crippen molar-refractivity contribution in [3.63, 3.8) is 0 Å². The third kappa shape index (κ3) is 4.56. The van der Waals surface area contributed by atoms with Gasteiger partial charge < -0.3 is 4.57 Å². The van der Waals surface area contributed by atoms with E-state index in [2.05, 4.69) is 31.0 Å². The Kier molecular flexibility index (Phi) is 6.88.